The third-order valence-electron chi connectivity index (χ3n) is 4.49. The van der Waals surface area contributed by atoms with Crippen molar-refractivity contribution in [3.8, 4) is 5.75 Å². The predicted molar refractivity (Wildman–Crippen MR) is 77.4 cm³/mol. The minimum Gasteiger partial charge on any atom is -0.493 e. The molecule has 0 bridgehead atoms. The van der Waals surface area contributed by atoms with Crippen molar-refractivity contribution in [2.24, 2.45) is 5.41 Å². The number of aryl methyl sites for hydroxylation is 1. The second-order valence-corrected chi connectivity index (χ2v) is 5.77. The molecule has 1 atom stereocenters. The smallest absolute Gasteiger partial charge is 0.161 e. The van der Waals surface area contributed by atoms with Gasteiger partial charge in [-0.15, -0.1) is 0 Å². The molecule has 1 unspecified atom stereocenters. The van der Waals surface area contributed by atoms with Crippen LogP contribution in [0.3, 0.4) is 0 Å². The number of hydrogen-bond acceptors (Lipinski definition) is 3. The lowest BCUT2D eigenvalue weighted by Gasteiger charge is -2.35. The molecule has 4 nitrogen and oxygen atoms in total. The van der Waals surface area contributed by atoms with E-state index in [-0.39, 0.29) is 0 Å². The van der Waals surface area contributed by atoms with Gasteiger partial charge in [0.2, 0.25) is 0 Å². The van der Waals surface area contributed by atoms with Gasteiger partial charge in [0, 0.05) is 6.54 Å². The fourth-order valence-electron chi connectivity index (χ4n) is 3.43. The van der Waals surface area contributed by atoms with Gasteiger partial charge in [-0.25, -0.2) is 0 Å². The number of methoxy groups -OCH3 is 1. The number of nitrogens with zero attached hydrogens (tertiary/aromatic N) is 2. The van der Waals surface area contributed by atoms with Crippen LogP contribution in [0, 0.1) is 5.41 Å². The summed E-state index contributed by atoms with van der Waals surface area (Å²) in [5.74, 6) is 0.918. The van der Waals surface area contributed by atoms with Gasteiger partial charge in [-0.3, -0.25) is 4.68 Å². The second kappa shape index (κ2) is 5.95. The normalized spacial score (nSPS) is 19.6. The van der Waals surface area contributed by atoms with Crippen LogP contribution < -0.4 is 10.1 Å². The molecule has 108 valence electrons. The maximum absolute atomic E-state index is 5.54. The first kappa shape index (κ1) is 14.4. The van der Waals surface area contributed by atoms with Crippen LogP contribution >= 0.6 is 0 Å². The molecule has 1 aromatic rings. The van der Waals surface area contributed by atoms with Crippen LogP contribution in [0.15, 0.2) is 6.20 Å². The molecule has 1 aliphatic rings. The van der Waals surface area contributed by atoms with E-state index in [9.17, 15) is 0 Å². The number of nitrogens with one attached hydrogen (secondary N) is 1. The van der Waals surface area contributed by atoms with Gasteiger partial charge in [-0.2, -0.15) is 5.10 Å². The van der Waals surface area contributed by atoms with E-state index in [2.05, 4.69) is 35.9 Å². The lowest BCUT2D eigenvalue weighted by Crippen LogP contribution is -2.36. The number of hydrogen-bond donors (Lipinski definition) is 1. The highest BCUT2D eigenvalue weighted by molar-refractivity contribution is 5.30. The Morgan fingerprint density at radius 3 is 2.63 bits per heavy atom. The van der Waals surface area contributed by atoms with E-state index >= 15 is 0 Å². The second-order valence-electron chi connectivity index (χ2n) is 5.77. The van der Waals surface area contributed by atoms with E-state index in [1.807, 2.05) is 6.20 Å². The van der Waals surface area contributed by atoms with Crippen LogP contribution in [0.2, 0.25) is 0 Å². The molecular weight excluding hydrogens is 238 g/mol. The molecule has 0 aliphatic heterocycles. The maximum Gasteiger partial charge on any atom is 0.161 e. The molecule has 1 aromatic heterocycles. The molecule has 4 heteroatoms. The number of aromatic nitrogens is 2. The third kappa shape index (κ3) is 2.64. The summed E-state index contributed by atoms with van der Waals surface area (Å²) in [4.78, 5) is 0. The van der Waals surface area contributed by atoms with Gasteiger partial charge in [-0.05, 0) is 31.7 Å². The first-order valence-corrected chi connectivity index (χ1v) is 7.49. The molecule has 0 aromatic carbocycles. The van der Waals surface area contributed by atoms with Crippen molar-refractivity contribution in [2.75, 3.05) is 13.7 Å². The van der Waals surface area contributed by atoms with E-state index < -0.39 is 0 Å². The van der Waals surface area contributed by atoms with Crippen LogP contribution in [0.5, 0.6) is 5.75 Å². The van der Waals surface area contributed by atoms with Crippen molar-refractivity contribution >= 4 is 0 Å². The van der Waals surface area contributed by atoms with Gasteiger partial charge in [0.05, 0.1) is 25.0 Å². The third-order valence-corrected chi connectivity index (χ3v) is 4.49. The molecule has 0 amide bonds. The first-order valence-electron chi connectivity index (χ1n) is 7.49. The fourth-order valence-corrected chi connectivity index (χ4v) is 3.43. The Hall–Kier alpha value is -1.03. The molecule has 0 radical (unpaired) electrons. The zero-order valence-corrected chi connectivity index (χ0v) is 12.7. The van der Waals surface area contributed by atoms with Crippen molar-refractivity contribution in [2.45, 2.75) is 59.0 Å². The highest BCUT2D eigenvalue weighted by Crippen LogP contribution is 2.48. The lowest BCUT2D eigenvalue weighted by molar-refractivity contribution is 0.210. The van der Waals surface area contributed by atoms with E-state index in [0.29, 0.717) is 11.5 Å². The summed E-state index contributed by atoms with van der Waals surface area (Å²) in [6.45, 7) is 8.56. The van der Waals surface area contributed by atoms with Crippen molar-refractivity contribution in [3.63, 3.8) is 0 Å². The zero-order valence-electron chi connectivity index (χ0n) is 12.7. The van der Waals surface area contributed by atoms with Crippen molar-refractivity contribution < 1.29 is 4.74 Å². The lowest BCUT2D eigenvalue weighted by atomic mass is 9.78. The highest BCUT2D eigenvalue weighted by Gasteiger charge is 2.40. The Labute approximate surface area is 116 Å². The fraction of sp³-hybridized carbons (Fsp3) is 0.800. The average Bonchev–Trinajstić information content (AvgIpc) is 3.02. The Bertz CT molecular complexity index is 386. The van der Waals surface area contributed by atoms with Crippen LogP contribution in [0.1, 0.15) is 58.2 Å². The van der Waals surface area contributed by atoms with Crippen LogP contribution in [0.4, 0.5) is 0 Å². The van der Waals surface area contributed by atoms with Gasteiger partial charge in [0.1, 0.15) is 0 Å². The summed E-state index contributed by atoms with van der Waals surface area (Å²) < 4.78 is 7.62. The maximum atomic E-state index is 5.54. The summed E-state index contributed by atoms with van der Waals surface area (Å²) in [5, 5.41) is 8.14. The molecule has 0 spiro atoms. The molecule has 1 aliphatic carbocycles. The van der Waals surface area contributed by atoms with Gasteiger partial charge in [-0.1, -0.05) is 26.7 Å². The summed E-state index contributed by atoms with van der Waals surface area (Å²) in [7, 11) is 1.74. The van der Waals surface area contributed by atoms with Gasteiger partial charge in [0.25, 0.3) is 0 Å². The molecule has 1 N–H and O–H groups in total. The van der Waals surface area contributed by atoms with Gasteiger partial charge < -0.3 is 10.1 Å². The SMILES string of the molecule is CCNC(c1c(OC)cnn1CC)C1(C)CCCC1. The molecule has 1 heterocycles. The monoisotopic (exact) mass is 265 g/mol. The van der Waals surface area contributed by atoms with Crippen LogP contribution in [-0.4, -0.2) is 23.4 Å². The largest absolute Gasteiger partial charge is 0.493 e. The van der Waals surface area contributed by atoms with E-state index in [4.69, 9.17) is 4.74 Å². The molecule has 1 fully saturated rings. The topological polar surface area (TPSA) is 39.1 Å². The standard InChI is InChI=1S/C15H27N3O/c1-5-16-14(15(3)9-7-8-10-15)13-12(19-4)11-17-18(13)6-2/h11,14,16H,5-10H2,1-4H3. The Morgan fingerprint density at radius 1 is 1.42 bits per heavy atom. The molecular formula is C15H27N3O. The summed E-state index contributed by atoms with van der Waals surface area (Å²) >= 11 is 0. The number of rotatable bonds is 6. The first-order chi connectivity index (χ1) is 9.16. The Balaban J connectivity index is 2.40. The summed E-state index contributed by atoms with van der Waals surface area (Å²) in [5.41, 5.74) is 1.53. The molecule has 1 saturated carbocycles. The van der Waals surface area contributed by atoms with E-state index in [0.717, 1.165) is 18.8 Å². The minimum atomic E-state index is 0.316. The van der Waals surface area contributed by atoms with Crippen molar-refractivity contribution in [1.29, 1.82) is 0 Å². The minimum absolute atomic E-state index is 0.316. The Kier molecular flexibility index (Phi) is 4.50. The molecule has 19 heavy (non-hydrogen) atoms. The molecule has 0 saturated heterocycles. The summed E-state index contributed by atoms with van der Waals surface area (Å²) in [6.07, 6.45) is 7.08. The van der Waals surface area contributed by atoms with E-state index in [1.54, 1.807) is 7.11 Å². The van der Waals surface area contributed by atoms with Gasteiger partial charge in [0.15, 0.2) is 5.75 Å². The Morgan fingerprint density at radius 2 is 2.11 bits per heavy atom. The number of ether oxygens (including phenoxy) is 1. The van der Waals surface area contributed by atoms with Crippen molar-refractivity contribution in [1.82, 2.24) is 15.1 Å². The quantitative estimate of drug-likeness (QED) is 0.859. The summed E-state index contributed by atoms with van der Waals surface area (Å²) in [6, 6.07) is 0.331. The van der Waals surface area contributed by atoms with Crippen LogP contribution in [0.25, 0.3) is 0 Å². The highest BCUT2D eigenvalue weighted by atomic mass is 16.5. The van der Waals surface area contributed by atoms with E-state index in [1.165, 1.54) is 31.4 Å². The van der Waals surface area contributed by atoms with Gasteiger partial charge >= 0.3 is 0 Å². The van der Waals surface area contributed by atoms with Crippen LogP contribution in [-0.2, 0) is 6.54 Å². The molecule has 2 rings (SSSR count). The zero-order chi connectivity index (χ0) is 13.9. The van der Waals surface area contributed by atoms with Crippen molar-refractivity contribution in [3.05, 3.63) is 11.9 Å². The predicted octanol–water partition coefficient (Wildman–Crippen LogP) is 3.14. The average molecular weight is 265 g/mol.